The molecule has 1 aliphatic rings. The summed E-state index contributed by atoms with van der Waals surface area (Å²) in [6, 6.07) is 7.78. The number of ether oxygens (including phenoxy) is 1. The molecule has 0 fully saturated rings. The predicted octanol–water partition coefficient (Wildman–Crippen LogP) is 4.36. The molecule has 0 aromatic heterocycles. The summed E-state index contributed by atoms with van der Waals surface area (Å²) < 4.78 is 5.87. The Balaban J connectivity index is 2.05. The van der Waals surface area contributed by atoms with Crippen LogP contribution in [0.3, 0.4) is 0 Å². The smallest absolute Gasteiger partial charge is 0.261 e. The number of carbonyl (C=O) groups is 2. The topological polar surface area (TPSA) is 46.6 Å². The molecule has 1 aliphatic heterocycles. The second kappa shape index (κ2) is 8.99. The molecule has 2 rings (SSSR count). The van der Waals surface area contributed by atoms with Crippen LogP contribution in [-0.4, -0.2) is 29.9 Å². The Morgan fingerprint density at radius 1 is 1.15 bits per heavy atom. The maximum absolute atomic E-state index is 12.5. The van der Waals surface area contributed by atoms with E-state index in [0.29, 0.717) is 23.3 Å². The summed E-state index contributed by atoms with van der Waals surface area (Å²) in [6.07, 6.45) is 6.50. The van der Waals surface area contributed by atoms with Gasteiger partial charge in [-0.1, -0.05) is 62.9 Å². The van der Waals surface area contributed by atoms with Crippen molar-refractivity contribution in [3.05, 3.63) is 71.8 Å². The Hall–Kier alpha value is -2.88. The second-order valence-corrected chi connectivity index (χ2v) is 5.90. The van der Waals surface area contributed by atoms with Crippen LogP contribution in [0.4, 0.5) is 0 Å². The highest BCUT2D eigenvalue weighted by molar-refractivity contribution is 6.20. The van der Waals surface area contributed by atoms with Crippen LogP contribution in [0, 0.1) is 0 Å². The van der Waals surface area contributed by atoms with Gasteiger partial charge in [-0.05, 0) is 25.0 Å². The molecule has 0 saturated carbocycles. The summed E-state index contributed by atoms with van der Waals surface area (Å²) >= 11 is 0. The minimum Gasteiger partial charge on any atom is -0.491 e. The van der Waals surface area contributed by atoms with E-state index < -0.39 is 0 Å². The molecule has 1 aromatic carbocycles. The average Bonchev–Trinajstić information content (AvgIpc) is 2.89. The molecule has 0 spiro atoms. The molecule has 0 N–H and O–H groups in total. The van der Waals surface area contributed by atoms with Crippen molar-refractivity contribution in [2.24, 2.45) is 0 Å². The van der Waals surface area contributed by atoms with Crippen LogP contribution in [0.25, 0.3) is 11.8 Å². The Kier molecular flexibility index (Phi) is 6.73. The Morgan fingerprint density at radius 2 is 1.88 bits per heavy atom. The lowest BCUT2D eigenvalue weighted by Crippen LogP contribution is -2.34. The van der Waals surface area contributed by atoms with Crippen molar-refractivity contribution in [3.8, 4) is 0 Å². The van der Waals surface area contributed by atoms with E-state index in [2.05, 4.69) is 13.2 Å². The van der Waals surface area contributed by atoms with Crippen molar-refractivity contribution in [1.29, 1.82) is 0 Å². The van der Waals surface area contributed by atoms with Gasteiger partial charge in [0, 0.05) is 16.7 Å². The lowest BCUT2D eigenvalue weighted by molar-refractivity contribution is -0.138. The monoisotopic (exact) mass is 351 g/mol. The first-order chi connectivity index (χ1) is 12.6. The molecule has 2 amide bonds. The fourth-order valence-corrected chi connectivity index (χ4v) is 3.01. The summed E-state index contributed by atoms with van der Waals surface area (Å²) in [5, 5.41) is 0. The number of amides is 2. The predicted molar refractivity (Wildman–Crippen MR) is 105 cm³/mol. The van der Waals surface area contributed by atoms with E-state index in [9.17, 15) is 9.59 Å². The maximum atomic E-state index is 12.5. The number of hydrogen-bond acceptors (Lipinski definition) is 3. The van der Waals surface area contributed by atoms with Crippen LogP contribution in [0.15, 0.2) is 60.7 Å². The van der Waals surface area contributed by atoms with Crippen LogP contribution in [0.5, 0.6) is 0 Å². The summed E-state index contributed by atoms with van der Waals surface area (Å²) in [4.78, 5) is 26.2. The van der Waals surface area contributed by atoms with Gasteiger partial charge in [-0.2, -0.15) is 0 Å². The molecule has 1 heterocycles. The van der Waals surface area contributed by atoms with E-state index in [-0.39, 0.29) is 25.0 Å². The van der Waals surface area contributed by atoms with Crippen LogP contribution < -0.4 is 0 Å². The van der Waals surface area contributed by atoms with E-state index in [4.69, 9.17) is 4.74 Å². The zero-order valence-electron chi connectivity index (χ0n) is 15.5. The van der Waals surface area contributed by atoms with Gasteiger partial charge in [-0.25, -0.2) is 0 Å². The van der Waals surface area contributed by atoms with Gasteiger partial charge in [0.05, 0.1) is 6.54 Å². The van der Waals surface area contributed by atoms with Crippen LogP contribution in [-0.2, 0) is 14.3 Å². The molecule has 4 nitrogen and oxygen atoms in total. The van der Waals surface area contributed by atoms with E-state index in [1.807, 2.05) is 44.2 Å². The number of hydrogen-bond donors (Lipinski definition) is 0. The van der Waals surface area contributed by atoms with Crippen LogP contribution >= 0.6 is 0 Å². The Morgan fingerprint density at radius 3 is 2.50 bits per heavy atom. The third-order valence-electron chi connectivity index (χ3n) is 4.29. The van der Waals surface area contributed by atoms with Gasteiger partial charge in [0.15, 0.2) is 0 Å². The van der Waals surface area contributed by atoms with Gasteiger partial charge in [0.1, 0.15) is 12.4 Å². The molecule has 0 aliphatic carbocycles. The van der Waals surface area contributed by atoms with E-state index in [0.717, 1.165) is 17.5 Å². The molecule has 4 heteroatoms. The molecule has 0 atom stereocenters. The maximum Gasteiger partial charge on any atom is 0.261 e. The fraction of sp³-hybridized carbons (Fsp3) is 0.273. The first-order valence-corrected chi connectivity index (χ1v) is 8.81. The number of rotatable bonds is 9. The van der Waals surface area contributed by atoms with E-state index in [1.165, 1.54) is 11.0 Å². The average molecular weight is 351 g/mol. The zero-order valence-corrected chi connectivity index (χ0v) is 15.5. The minimum absolute atomic E-state index is 0.204. The summed E-state index contributed by atoms with van der Waals surface area (Å²) in [5.41, 5.74) is 2.87. The quantitative estimate of drug-likeness (QED) is 0.490. The highest BCUT2D eigenvalue weighted by atomic mass is 16.5. The molecule has 0 saturated heterocycles. The minimum atomic E-state index is -0.287. The lowest BCUT2D eigenvalue weighted by Gasteiger charge is -2.17. The van der Waals surface area contributed by atoms with Crippen molar-refractivity contribution in [3.63, 3.8) is 0 Å². The highest BCUT2D eigenvalue weighted by Gasteiger charge is 2.35. The van der Waals surface area contributed by atoms with Gasteiger partial charge in [0.2, 0.25) is 0 Å². The molecule has 26 heavy (non-hydrogen) atoms. The standard InChI is InChI=1S/C22H25NO3/c1-5-11-19-17(7-3)21(24)23(22(19)25)14-15-26-20(8-4)18-13-10-9-12-16(18)6-2/h6-10,12-13H,2-3,5,11,14-15H2,1,4H3/b20-8+. The fourth-order valence-electron chi connectivity index (χ4n) is 3.01. The molecular weight excluding hydrogens is 326 g/mol. The van der Waals surface area contributed by atoms with Crippen molar-refractivity contribution < 1.29 is 14.3 Å². The highest BCUT2D eigenvalue weighted by Crippen LogP contribution is 2.26. The van der Waals surface area contributed by atoms with Crippen molar-refractivity contribution >= 4 is 23.6 Å². The van der Waals surface area contributed by atoms with Crippen molar-refractivity contribution in [2.75, 3.05) is 13.2 Å². The molecule has 1 aromatic rings. The number of benzene rings is 1. The lowest BCUT2D eigenvalue weighted by atomic mass is 10.1. The number of imide groups is 1. The SMILES string of the molecule is C=CC1=C(CCC)C(=O)N(CCO/C(=C/C)c2ccccc2C=C)C1=O. The third-order valence-corrected chi connectivity index (χ3v) is 4.29. The first-order valence-electron chi connectivity index (χ1n) is 8.81. The van der Waals surface area contributed by atoms with Crippen molar-refractivity contribution in [1.82, 2.24) is 4.90 Å². The van der Waals surface area contributed by atoms with Crippen molar-refractivity contribution in [2.45, 2.75) is 26.7 Å². The van der Waals surface area contributed by atoms with Gasteiger partial charge in [-0.3, -0.25) is 14.5 Å². The largest absolute Gasteiger partial charge is 0.491 e. The summed E-state index contributed by atoms with van der Waals surface area (Å²) in [6.45, 7) is 11.8. The number of allylic oxidation sites excluding steroid dienone is 1. The molecule has 136 valence electrons. The molecular formula is C22H25NO3. The van der Waals surface area contributed by atoms with Gasteiger partial charge in [0.25, 0.3) is 11.8 Å². The summed E-state index contributed by atoms with van der Waals surface area (Å²) in [5.74, 6) is 0.180. The zero-order chi connectivity index (χ0) is 19.1. The molecule has 0 radical (unpaired) electrons. The molecule has 0 bridgehead atoms. The van der Waals surface area contributed by atoms with Gasteiger partial charge in [-0.15, -0.1) is 0 Å². The summed E-state index contributed by atoms with van der Waals surface area (Å²) in [7, 11) is 0. The van der Waals surface area contributed by atoms with Gasteiger partial charge >= 0.3 is 0 Å². The Bertz CT molecular complexity index is 786. The third kappa shape index (κ3) is 3.85. The first kappa shape index (κ1) is 19.4. The number of carbonyl (C=O) groups excluding carboxylic acids is 2. The van der Waals surface area contributed by atoms with Crippen LogP contribution in [0.2, 0.25) is 0 Å². The second-order valence-electron chi connectivity index (χ2n) is 5.90. The Labute approximate surface area is 155 Å². The normalized spacial score (nSPS) is 14.8. The van der Waals surface area contributed by atoms with E-state index in [1.54, 1.807) is 6.08 Å². The van der Waals surface area contributed by atoms with Crippen LogP contribution in [0.1, 0.15) is 37.8 Å². The van der Waals surface area contributed by atoms with E-state index >= 15 is 0 Å². The molecule has 0 unspecified atom stereocenters. The number of nitrogens with zero attached hydrogens (tertiary/aromatic N) is 1. The van der Waals surface area contributed by atoms with Gasteiger partial charge < -0.3 is 4.74 Å².